The van der Waals surface area contributed by atoms with Gasteiger partial charge in [-0.15, -0.1) is 0 Å². The van der Waals surface area contributed by atoms with Crippen LogP contribution in [0.25, 0.3) is 0 Å². The molecule has 19 heavy (non-hydrogen) atoms. The Morgan fingerprint density at radius 1 is 1.37 bits per heavy atom. The average molecular weight is 265 g/mol. The van der Waals surface area contributed by atoms with Gasteiger partial charge in [0.15, 0.2) is 0 Å². The van der Waals surface area contributed by atoms with Crippen molar-refractivity contribution in [3.63, 3.8) is 0 Å². The molecule has 2 rings (SSSR count). The minimum absolute atomic E-state index is 0.351. The minimum atomic E-state index is -1.10. The zero-order valence-electron chi connectivity index (χ0n) is 11.2. The Bertz CT molecular complexity index is 458. The number of primary amides is 1. The predicted molar refractivity (Wildman–Crippen MR) is 72.0 cm³/mol. The largest absolute Gasteiger partial charge is 0.368 e. The monoisotopic (exact) mass is 265 g/mol. The van der Waals surface area contributed by atoms with E-state index in [9.17, 15) is 9.18 Å². The molecule has 1 saturated heterocycles. The van der Waals surface area contributed by atoms with E-state index in [0.717, 1.165) is 26.1 Å². The molecular weight excluding hydrogens is 245 g/mol. The molecule has 0 saturated carbocycles. The smallest absolute Gasteiger partial charge is 0.242 e. The third-order valence-electron chi connectivity index (χ3n) is 3.85. The van der Waals surface area contributed by atoms with E-state index in [-0.39, 0.29) is 5.82 Å². The summed E-state index contributed by atoms with van der Waals surface area (Å²) in [6.45, 7) is 4.79. The lowest BCUT2D eigenvalue weighted by atomic mass is 9.88. The highest BCUT2D eigenvalue weighted by Gasteiger charge is 2.41. The van der Waals surface area contributed by atoms with E-state index >= 15 is 0 Å². The van der Waals surface area contributed by atoms with Crippen LogP contribution in [0.3, 0.4) is 0 Å². The van der Waals surface area contributed by atoms with E-state index in [1.807, 2.05) is 4.90 Å². The van der Waals surface area contributed by atoms with E-state index in [1.165, 1.54) is 6.07 Å². The van der Waals surface area contributed by atoms with Crippen molar-refractivity contribution in [1.29, 1.82) is 0 Å². The van der Waals surface area contributed by atoms with Crippen molar-refractivity contribution in [3.8, 4) is 0 Å². The highest BCUT2D eigenvalue weighted by atomic mass is 19.1. The minimum Gasteiger partial charge on any atom is -0.368 e. The molecule has 104 valence electrons. The topological polar surface area (TPSA) is 58.4 Å². The summed E-state index contributed by atoms with van der Waals surface area (Å²) < 4.78 is 14.1. The van der Waals surface area contributed by atoms with E-state index in [2.05, 4.69) is 5.32 Å². The fraction of sp³-hybridized carbons (Fsp3) is 0.500. The lowest BCUT2D eigenvalue weighted by Crippen LogP contribution is -2.54. The number of carbonyl (C=O) groups excluding carboxylic acids is 1. The number of hydrogen-bond acceptors (Lipinski definition) is 3. The molecule has 1 heterocycles. The molecule has 4 nitrogen and oxygen atoms in total. The molecule has 0 aliphatic carbocycles. The molecule has 3 N–H and O–H groups in total. The molecule has 1 fully saturated rings. The number of nitrogens with zero attached hydrogens (tertiary/aromatic N) is 1. The van der Waals surface area contributed by atoms with Gasteiger partial charge >= 0.3 is 0 Å². The van der Waals surface area contributed by atoms with Crippen LogP contribution in [0.4, 0.5) is 4.39 Å². The van der Waals surface area contributed by atoms with Gasteiger partial charge in [-0.3, -0.25) is 9.69 Å². The maximum atomic E-state index is 14.1. The molecule has 0 spiro atoms. The lowest BCUT2D eigenvalue weighted by molar-refractivity contribution is -0.130. The van der Waals surface area contributed by atoms with Crippen LogP contribution in [0.1, 0.15) is 18.9 Å². The normalized spacial score (nSPS) is 20.5. The first-order chi connectivity index (χ1) is 9.06. The van der Waals surface area contributed by atoms with E-state index in [0.29, 0.717) is 12.1 Å². The Morgan fingerprint density at radius 3 is 2.79 bits per heavy atom. The zero-order chi connectivity index (χ0) is 13.9. The molecule has 0 aromatic heterocycles. The highest BCUT2D eigenvalue weighted by molar-refractivity contribution is 5.85. The van der Waals surface area contributed by atoms with Gasteiger partial charge in [0, 0.05) is 25.2 Å². The molecule has 1 aromatic rings. The Labute approximate surface area is 112 Å². The highest BCUT2D eigenvalue weighted by Crippen LogP contribution is 2.30. The van der Waals surface area contributed by atoms with Crippen LogP contribution in [0.2, 0.25) is 0 Å². The van der Waals surface area contributed by atoms with Gasteiger partial charge in [0.2, 0.25) is 5.91 Å². The third-order valence-corrected chi connectivity index (χ3v) is 3.85. The molecule has 5 heteroatoms. The summed E-state index contributed by atoms with van der Waals surface area (Å²) in [5.41, 5.74) is 4.84. The van der Waals surface area contributed by atoms with E-state index in [4.69, 9.17) is 5.73 Å². The molecule has 1 unspecified atom stereocenters. The Kier molecular flexibility index (Phi) is 4.17. The first-order valence-corrected chi connectivity index (χ1v) is 6.57. The van der Waals surface area contributed by atoms with Gasteiger partial charge in [-0.1, -0.05) is 18.2 Å². The summed E-state index contributed by atoms with van der Waals surface area (Å²) in [6, 6.07) is 6.35. The van der Waals surface area contributed by atoms with Crippen molar-refractivity contribution in [2.24, 2.45) is 5.73 Å². The lowest BCUT2D eigenvalue weighted by Gasteiger charge is -2.38. The second kappa shape index (κ2) is 5.67. The number of amides is 1. The van der Waals surface area contributed by atoms with Crippen molar-refractivity contribution in [3.05, 3.63) is 35.6 Å². The standard InChI is InChI=1S/C14H20FN3O/c1-14(13(16)19,11-5-2-3-6-12(11)15)18-9-4-7-17-8-10-18/h2-3,5-6,17H,4,7-10H2,1H3,(H2,16,19). The molecule has 1 amide bonds. The number of nitrogens with two attached hydrogens (primary N) is 1. The van der Waals surface area contributed by atoms with Crippen molar-refractivity contribution in [1.82, 2.24) is 10.2 Å². The van der Waals surface area contributed by atoms with Crippen LogP contribution in [0, 0.1) is 5.82 Å². The maximum Gasteiger partial charge on any atom is 0.242 e. The fourth-order valence-electron chi connectivity index (χ4n) is 2.61. The Morgan fingerprint density at radius 2 is 2.11 bits per heavy atom. The van der Waals surface area contributed by atoms with Crippen LogP contribution in [-0.2, 0) is 10.3 Å². The van der Waals surface area contributed by atoms with Crippen LogP contribution in [-0.4, -0.2) is 37.0 Å². The molecule has 1 atom stereocenters. The summed E-state index contributed by atoms with van der Waals surface area (Å²) in [6.07, 6.45) is 0.914. The molecule has 1 aromatic carbocycles. The Balaban J connectivity index is 2.42. The van der Waals surface area contributed by atoms with Crippen molar-refractivity contribution in [2.45, 2.75) is 18.9 Å². The van der Waals surface area contributed by atoms with Crippen LogP contribution in [0.15, 0.2) is 24.3 Å². The first-order valence-electron chi connectivity index (χ1n) is 6.57. The van der Waals surface area contributed by atoms with Crippen LogP contribution in [0.5, 0.6) is 0 Å². The van der Waals surface area contributed by atoms with E-state index in [1.54, 1.807) is 25.1 Å². The van der Waals surface area contributed by atoms with Crippen LogP contribution < -0.4 is 11.1 Å². The van der Waals surface area contributed by atoms with Crippen molar-refractivity contribution < 1.29 is 9.18 Å². The second-order valence-electron chi connectivity index (χ2n) is 5.01. The fourth-order valence-corrected chi connectivity index (χ4v) is 2.61. The molecular formula is C14H20FN3O. The van der Waals surface area contributed by atoms with Gasteiger partial charge in [-0.25, -0.2) is 4.39 Å². The van der Waals surface area contributed by atoms with Gasteiger partial charge in [0.25, 0.3) is 0 Å². The first kappa shape index (κ1) is 14.0. The third kappa shape index (κ3) is 2.62. The summed E-state index contributed by atoms with van der Waals surface area (Å²) >= 11 is 0. The predicted octanol–water partition coefficient (Wildman–Crippen LogP) is 0.822. The van der Waals surface area contributed by atoms with Gasteiger partial charge in [0.05, 0.1) is 0 Å². The number of nitrogens with one attached hydrogen (secondary N) is 1. The van der Waals surface area contributed by atoms with Crippen molar-refractivity contribution >= 4 is 5.91 Å². The van der Waals surface area contributed by atoms with Crippen LogP contribution >= 0.6 is 0 Å². The molecule has 0 bridgehead atoms. The van der Waals surface area contributed by atoms with Gasteiger partial charge in [0.1, 0.15) is 11.4 Å². The molecule has 0 radical (unpaired) electrons. The Hall–Kier alpha value is -1.46. The maximum absolute atomic E-state index is 14.1. The van der Waals surface area contributed by atoms with E-state index < -0.39 is 11.4 Å². The second-order valence-corrected chi connectivity index (χ2v) is 5.01. The summed E-state index contributed by atoms with van der Waals surface area (Å²) in [5, 5.41) is 3.27. The average Bonchev–Trinajstić information content (AvgIpc) is 2.67. The molecule has 1 aliphatic rings. The summed E-state index contributed by atoms with van der Waals surface area (Å²) in [5.74, 6) is -0.902. The molecule has 1 aliphatic heterocycles. The number of benzene rings is 1. The number of carbonyl (C=O) groups is 1. The quantitative estimate of drug-likeness (QED) is 0.851. The van der Waals surface area contributed by atoms with Gasteiger partial charge in [-0.2, -0.15) is 0 Å². The van der Waals surface area contributed by atoms with Gasteiger partial charge in [-0.05, 0) is 26.0 Å². The summed E-state index contributed by atoms with van der Waals surface area (Å²) in [4.78, 5) is 13.9. The van der Waals surface area contributed by atoms with Crippen molar-refractivity contribution in [2.75, 3.05) is 26.2 Å². The number of rotatable bonds is 3. The SMILES string of the molecule is CC(C(N)=O)(c1ccccc1F)N1CCCNCC1. The summed E-state index contributed by atoms with van der Waals surface area (Å²) in [7, 11) is 0. The number of hydrogen-bond donors (Lipinski definition) is 2. The number of halogens is 1. The van der Waals surface area contributed by atoms with Gasteiger partial charge < -0.3 is 11.1 Å². The zero-order valence-corrected chi connectivity index (χ0v) is 11.2.